The van der Waals surface area contributed by atoms with Gasteiger partial charge in [-0.2, -0.15) is 0 Å². The van der Waals surface area contributed by atoms with Crippen LogP contribution in [0.1, 0.15) is 57.8 Å². The predicted octanol–water partition coefficient (Wildman–Crippen LogP) is 0.630. The van der Waals surface area contributed by atoms with E-state index >= 15 is 4.39 Å². The summed E-state index contributed by atoms with van der Waals surface area (Å²) in [6.07, 6.45) is 6.71. The average molecular weight is 606 g/mol. The van der Waals surface area contributed by atoms with Crippen molar-refractivity contribution < 1.29 is 29.2 Å². The van der Waals surface area contributed by atoms with E-state index in [9.17, 15) is 20.1 Å². The zero-order valence-corrected chi connectivity index (χ0v) is 25.2. The van der Waals surface area contributed by atoms with Crippen molar-refractivity contribution in [3.8, 4) is 0 Å². The molecule has 4 rings (SSSR count). The molecule has 3 heterocycles. The van der Waals surface area contributed by atoms with Crippen molar-refractivity contribution in [3.63, 3.8) is 0 Å². The summed E-state index contributed by atoms with van der Waals surface area (Å²) in [7, 11) is 0. The van der Waals surface area contributed by atoms with Crippen LogP contribution in [-0.2, 0) is 9.53 Å². The van der Waals surface area contributed by atoms with E-state index in [1.165, 1.54) is 12.8 Å². The lowest BCUT2D eigenvalue weighted by molar-refractivity contribution is -0.132. The summed E-state index contributed by atoms with van der Waals surface area (Å²) in [5.41, 5.74) is -1.54. The minimum atomic E-state index is -1.54. The second kappa shape index (κ2) is 16.4. The summed E-state index contributed by atoms with van der Waals surface area (Å²) in [5.74, 6) is 0.743. The second-order valence-electron chi connectivity index (χ2n) is 12.9. The van der Waals surface area contributed by atoms with Crippen LogP contribution in [0.15, 0.2) is 0 Å². The van der Waals surface area contributed by atoms with Gasteiger partial charge < -0.3 is 30.3 Å². The Balaban J connectivity index is 1.04. The van der Waals surface area contributed by atoms with Gasteiger partial charge in [0.1, 0.15) is 18.1 Å². The summed E-state index contributed by atoms with van der Waals surface area (Å²) >= 11 is 6.16. The zero-order valence-electron chi connectivity index (χ0n) is 24.5. The van der Waals surface area contributed by atoms with Gasteiger partial charge in [0.2, 0.25) is 5.91 Å². The van der Waals surface area contributed by atoms with Crippen molar-refractivity contribution >= 4 is 17.5 Å². The summed E-state index contributed by atoms with van der Waals surface area (Å²) in [6.45, 7) is 5.46. The van der Waals surface area contributed by atoms with Crippen LogP contribution in [0, 0.1) is 17.8 Å². The second-order valence-corrected chi connectivity index (χ2v) is 13.5. The molecule has 4 aliphatic rings. The number of nitrogens with one attached hydrogen (secondary N) is 3. The quantitative estimate of drug-likeness (QED) is 0.125. The van der Waals surface area contributed by atoms with Gasteiger partial charge in [0.15, 0.2) is 0 Å². The number of amides is 1. The molecule has 12 heteroatoms. The van der Waals surface area contributed by atoms with Gasteiger partial charge in [-0.1, -0.05) is 0 Å². The molecular weight excluding hydrogens is 553 g/mol. The first-order valence-corrected chi connectivity index (χ1v) is 16.3. The highest BCUT2D eigenvalue weighted by molar-refractivity contribution is 6.21. The monoisotopic (exact) mass is 605 g/mol. The number of aliphatic hydroxyl groups is 3. The first kappa shape index (κ1) is 33.3. The number of carbonyl (C=O) groups is 1. The molecule has 1 saturated carbocycles. The number of nitrogens with zero attached hydrogens (tertiary/aromatic N) is 2. The molecular formula is C29H53ClFN5O5. The van der Waals surface area contributed by atoms with Gasteiger partial charge >= 0.3 is 0 Å². The molecule has 3 aliphatic heterocycles. The molecule has 3 saturated heterocycles. The molecule has 0 spiro atoms. The first-order chi connectivity index (χ1) is 19.8. The summed E-state index contributed by atoms with van der Waals surface area (Å²) in [4.78, 5) is 17.2. The minimum Gasteiger partial charge on any atom is -0.393 e. The van der Waals surface area contributed by atoms with Gasteiger partial charge in [-0.3, -0.25) is 20.3 Å². The molecule has 1 aliphatic carbocycles. The van der Waals surface area contributed by atoms with Gasteiger partial charge in [-0.25, -0.2) is 4.39 Å². The smallest absolute Gasteiger partial charge is 0.222 e. The Bertz CT molecular complexity index is 783. The van der Waals surface area contributed by atoms with Crippen LogP contribution in [0.3, 0.4) is 0 Å². The van der Waals surface area contributed by atoms with Crippen LogP contribution in [0.2, 0.25) is 0 Å². The van der Waals surface area contributed by atoms with E-state index in [-0.39, 0.29) is 48.5 Å². The van der Waals surface area contributed by atoms with E-state index in [4.69, 9.17) is 16.3 Å². The Hall–Kier alpha value is -0.630. The molecule has 0 aromatic rings. The van der Waals surface area contributed by atoms with E-state index in [1.807, 2.05) is 4.90 Å². The van der Waals surface area contributed by atoms with Crippen molar-refractivity contribution in [2.75, 3.05) is 72.2 Å². The number of piperidine rings is 1. The highest BCUT2D eigenvalue weighted by atomic mass is 35.5. The van der Waals surface area contributed by atoms with Gasteiger partial charge in [0, 0.05) is 65.3 Å². The van der Waals surface area contributed by atoms with Crippen LogP contribution < -0.4 is 16.0 Å². The standard InChI is InChI=1S/C29H53ClFN5O5/c30-24-15-33-28(34-16-24)35-8-5-21(6-9-35)2-1-11-41-25-4-3-23(26(31)13-25)12-27(39)36-10-7-22(17-36)14-32-18-29(40,19-37)20-38/h21-26,28,32-34,37-38,40H,1-20H2/t22-,23?,24?,25?,26?,28?/m0/s1. The van der Waals surface area contributed by atoms with E-state index in [1.54, 1.807) is 0 Å². The molecule has 41 heavy (non-hydrogen) atoms. The van der Waals surface area contributed by atoms with Gasteiger partial charge in [-0.05, 0) is 69.2 Å². The Morgan fingerprint density at radius 1 is 1.05 bits per heavy atom. The maximum Gasteiger partial charge on any atom is 0.222 e. The van der Waals surface area contributed by atoms with Crippen LogP contribution in [0.4, 0.5) is 4.39 Å². The topological polar surface area (TPSA) is 130 Å². The highest BCUT2D eigenvalue weighted by Gasteiger charge is 2.35. The molecule has 3 unspecified atom stereocenters. The lowest BCUT2D eigenvalue weighted by Crippen LogP contribution is -2.62. The minimum absolute atomic E-state index is 0.0195. The number of ether oxygens (including phenoxy) is 1. The summed E-state index contributed by atoms with van der Waals surface area (Å²) in [6, 6.07) is 0. The lowest BCUT2D eigenvalue weighted by atomic mass is 9.83. The zero-order chi connectivity index (χ0) is 29.2. The SMILES string of the molecule is O=C(CC1CCC(OCCCC2CCN(C3NCC(Cl)CN3)CC2)CC1F)N1CC[C@@H](CNCC(O)(CO)CO)C1. The predicted molar refractivity (Wildman–Crippen MR) is 156 cm³/mol. The normalized spacial score (nSPS) is 32.5. The Labute approximate surface area is 249 Å². The van der Waals surface area contributed by atoms with Gasteiger partial charge in [-0.15, -0.1) is 11.6 Å². The third-order valence-electron chi connectivity index (χ3n) is 9.60. The van der Waals surface area contributed by atoms with Crippen LogP contribution in [0.25, 0.3) is 0 Å². The maximum absolute atomic E-state index is 15.0. The van der Waals surface area contributed by atoms with Crippen molar-refractivity contribution in [2.24, 2.45) is 17.8 Å². The van der Waals surface area contributed by atoms with Crippen molar-refractivity contribution in [3.05, 3.63) is 0 Å². The number of carbonyl (C=O) groups excluding carboxylic acids is 1. The van der Waals surface area contributed by atoms with E-state index in [2.05, 4.69) is 20.9 Å². The number of hydrogen-bond acceptors (Lipinski definition) is 9. The number of halogens is 2. The van der Waals surface area contributed by atoms with Crippen molar-refractivity contribution in [2.45, 2.75) is 87.3 Å². The third kappa shape index (κ3) is 10.2. The molecule has 1 amide bonds. The van der Waals surface area contributed by atoms with Crippen LogP contribution >= 0.6 is 11.6 Å². The van der Waals surface area contributed by atoms with E-state index < -0.39 is 25.0 Å². The molecule has 0 aromatic heterocycles. The largest absolute Gasteiger partial charge is 0.393 e. The summed E-state index contributed by atoms with van der Waals surface area (Å²) in [5, 5.41) is 38.5. The fraction of sp³-hybridized carbons (Fsp3) is 0.966. The van der Waals surface area contributed by atoms with Crippen LogP contribution in [-0.4, -0.2) is 133 Å². The molecule has 0 bridgehead atoms. The number of likely N-dealkylation sites (tertiary alicyclic amines) is 2. The fourth-order valence-electron chi connectivity index (χ4n) is 6.78. The lowest BCUT2D eigenvalue weighted by Gasteiger charge is -2.41. The Morgan fingerprint density at radius 2 is 1.76 bits per heavy atom. The van der Waals surface area contributed by atoms with Crippen LogP contribution in [0.5, 0.6) is 0 Å². The van der Waals surface area contributed by atoms with Crippen molar-refractivity contribution in [1.29, 1.82) is 0 Å². The van der Waals surface area contributed by atoms with Crippen molar-refractivity contribution in [1.82, 2.24) is 25.8 Å². The Kier molecular flexibility index (Phi) is 13.3. The summed E-state index contributed by atoms with van der Waals surface area (Å²) < 4.78 is 21.1. The van der Waals surface area contributed by atoms with Gasteiger partial charge in [0.05, 0.1) is 24.7 Å². The Morgan fingerprint density at radius 3 is 2.44 bits per heavy atom. The number of hydrogen-bond donors (Lipinski definition) is 6. The fourth-order valence-corrected chi connectivity index (χ4v) is 6.96. The van der Waals surface area contributed by atoms with E-state index in [0.717, 1.165) is 57.8 Å². The molecule has 0 radical (unpaired) electrons. The number of alkyl halides is 2. The molecule has 0 aromatic carbocycles. The third-order valence-corrected chi connectivity index (χ3v) is 9.91. The van der Waals surface area contributed by atoms with Gasteiger partial charge in [0.25, 0.3) is 0 Å². The van der Waals surface area contributed by atoms with E-state index in [0.29, 0.717) is 39.1 Å². The molecule has 4 atom stereocenters. The number of aliphatic hydroxyl groups excluding tert-OH is 2. The highest BCUT2D eigenvalue weighted by Crippen LogP contribution is 2.33. The molecule has 4 fully saturated rings. The average Bonchev–Trinajstić information content (AvgIpc) is 3.46. The maximum atomic E-state index is 15.0. The molecule has 10 nitrogen and oxygen atoms in total. The molecule has 238 valence electrons. The first-order valence-electron chi connectivity index (χ1n) is 15.8. The number of rotatable bonds is 14. The molecule has 6 N–H and O–H groups in total.